The second kappa shape index (κ2) is 7.06. The molecule has 0 aromatic carbocycles. The zero-order chi connectivity index (χ0) is 10.3. The van der Waals surface area contributed by atoms with Crippen molar-refractivity contribution in [3.63, 3.8) is 0 Å². The fraction of sp³-hybridized carbons (Fsp3) is 0.800. The normalized spacial score (nSPS) is 13.3. The fourth-order valence-corrected chi connectivity index (χ4v) is 1.17. The lowest BCUT2D eigenvalue weighted by atomic mass is 10.1. The summed E-state index contributed by atoms with van der Waals surface area (Å²) in [6.07, 6.45) is 0.841. The Labute approximate surface area is 81.1 Å². The summed E-state index contributed by atoms with van der Waals surface area (Å²) in [5.74, 6) is 0. The maximum absolute atomic E-state index is 5.17. The van der Waals surface area contributed by atoms with Gasteiger partial charge in [0.25, 0.3) is 0 Å². The minimum atomic E-state index is -0.246. The molecule has 0 amide bonds. The topological polar surface area (TPSA) is 30.5 Å². The highest BCUT2D eigenvalue weighted by atomic mass is 16.7. The summed E-state index contributed by atoms with van der Waals surface area (Å²) in [4.78, 5) is 0. The first-order valence-electron chi connectivity index (χ1n) is 4.61. The largest absolute Gasteiger partial charge is 0.354 e. The Morgan fingerprint density at radius 3 is 2.23 bits per heavy atom. The van der Waals surface area contributed by atoms with Crippen LogP contribution in [0, 0.1) is 0 Å². The molecule has 0 spiro atoms. The van der Waals surface area contributed by atoms with E-state index in [0.29, 0.717) is 0 Å². The summed E-state index contributed by atoms with van der Waals surface area (Å²) in [7, 11) is 3.27. The van der Waals surface area contributed by atoms with Crippen molar-refractivity contribution in [2.75, 3.05) is 20.8 Å². The summed E-state index contributed by atoms with van der Waals surface area (Å²) in [5, 5.41) is 3.32. The third kappa shape index (κ3) is 4.41. The lowest BCUT2D eigenvalue weighted by molar-refractivity contribution is -0.115. The molecule has 0 saturated carbocycles. The highest BCUT2D eigenvalue weighted by Gasteiger charge is 2.20. The van der Waals surface area contributed by atoms with E-state index in [2.05, 4.69) is 18.8 Å². The van der Waals surface area contributed by atoms with Gasteiger partial charge in [-0.25, -0.2) is 0 Å². The number of nitrogens with one attached hydrogen (secondary N) is 1. The minimum Gasteiger partial charge on any atom is -0.354 e. The van der Waals surface area contributed by atoms with E-state index in [4.69, 9.17) is 9.47 Å². The van der Waals surface area contributed by atoms with Crippen molar-refractivity contribution in [2.45, 2.75) is 32.6 Å². The standard InChI is InChI=1S/C10H21NO2/c1-6-7-11-9(8(2)3)10(12-4)13-5/h9-11H,2,6-7H2,1,3-5H3. The molecule has 0 aliphatic heterocycles. The van der Waals surface area contributed by atoms with Crippen LogP contribution in [0.5, 0.6) is 0 Å². The molecule has 0 bridgehead atoms. The molecule has 1 atom stereocenters. The third-order valence-electron chi connectivity index (χ3n) is 1.88. The number of hydrogen-bond donors (Lipinski definition) is 1. The molecule has 0 rings (SSSR count). The first-order valence-corrected chi connectivity index (χ1v) is 4.61. The molecule has 0 heterocycles. The molecule has 0 fully saturated rings. The lowest BCUT2D eigenvalue weighted by Crippen LogP contribution is -2.43. The first kappa shape index (κ1) is 12.6. The maximum Gasteiger partial charge on any atom is 0.175 e. The van der Waals surface area contributed by atoms with Crippen molar-refractivity contribution in [3.8, 4) is 0 Å². The minimum absolute atomic E-state index is 0.0787. The Kier molecular flexibility index (Phi) is 6.86. The van der Waals surface area contributed by atoms with E-state index in [-0.39, 0.29) is 12.3 Å². The van der Waals surface area contributed by atoms with Gasteiger partial charge in [0.05, 0.1) is 6.04 Å². The molecule has 0 aromatic heterocycles. The molecule has 13 heavy (non-hydrogen) atoms. The van der Waals surface area contributed by atoms with Crippen LogP contribution in [0.3, 0.4) is 0 Å². The first-order chi connectivity index (χ1) is 6.17. The van der Waals surface area contributed by atoms with Gasteiger partial charge >= 0.3 is 0 Å². The Morgan fingerprint density at radius 2 is 1.92 bits per heavy atom. The van der Waals surface area contributed by atoms with Crippen LogP contribution in [0.25, 0.3) is 0 Å². The van der Waals surface area contributed by atoms with Crippen LogP contribution in [0.4, 0.5) is 0 Å². The number of methoxy groups -OCH3 is 2. The van der Waals surface area contributed by atoms with E-state index in [1.165, 1.54) is 0 Å². The molecule has 3 heteroatoms. The van der Waals surface area contributed by atoms with Gasteiger partial charge in [0.1, 0.15) is 0 Å². The van der Waals surface area contributed by atoms with Crippen LogP contribution in [0.1, 0.15) is 20.3 Å². The second-order valence-electron chi connectivity index (χ2n) is 3.12. The van der Waals surface area contributed by atoms with Crippen LogP contribution in [-0.2, 0) is 9.47 Å². The quantitative estimate of drug-likeness (QED) is 0.484. The predicted molar refractivity (Wildman–Crippen MR) is 54.7 cm³/mol. The van der Waals surface area contributed by atoms with Crippen molar-refractivity contribution < 1.29 is 9.47 Å². The van der Waals surface area contributed by atoms with Crippen LogP contribution in [0.2, 0.25) is 0 Å². The van der Waals surface area contributed by atoms with Crippen LogP contribution < -0.4 is 5.32 Å². The number of rotatable bonds is 7. The maximum atomic E-state index is 5.17. The van der Waals surface area contributed by atoms with E-state index >= 15 is 0 Å². The van der Waals surface area contributed by atoms with Crippen molar-refractivity contribution in [1.82, 2.24) is 5.32 Å². The molecular weight excluding hydrogens is 166 g/mol. The van der Waals surface area contributed by atoms with E-state index < -0.39 is 0 Å². The van der Waals surface area contributed by atoms with Gasteiger partial charge < -0.3 is 14.8 Å². The summed E-state index contributed by atoms with van der Waals surface area (Å²) < 4.78 is 10.3. The molecule has 78 valence electrons. The zero-order valence-corrected chi connectivity index (χ0v) is 9.09. The van der Waals surface area contributed by atoms with E-state index in [1.54, 1.807) is 14.2 Å². The number of ether oxygens (including phenoxy) is 2. The highest BCUT2D eigenvalue weighted by molar-refractivity contribution is 5.03. The van der Waals surface area contributed by atoms with Gasteiger partial charge in [-0.3, -0.25) is 0 Å². The van der Waals surface area contributed by atoms with Crippen LogP contribution in [-0.4, -0.2) is 33.1 Å². The van der Waals surface area contributed by atoms with E-state index in [9.17, 15) is 0 Å². The Hall–Kier alpha value is -0.380. The van der Waals surface area contributed by atoms with Crippen molar-refractivity contribution in [3.05, 3.63) is 12.2 Å². The van der Waals surface area contributed by atoms with Crippen LogP contribution >= 0.6 is 0 Å². The molecule has 0 saturated heterocycles. The molecule has 0 aliphatic carbocycles. The molecule has 1 unspecified atom stereocenters. The summed E-state index contributed by atoms with van der Waals surface area (Å²) in [6, 6.07) is 0.0787. The number of hydrogen-bond acceptors (Lipinski definition) is 3. The van der Waals surface area contributed by atoms with Gasteiger partial charge in [-0.15, -0.1) is 0 Å². The molecule has 0 radical (unpaired) electrons. The van der Waals surface area contributed by atoms with Crippen molar-refractivity contribution in [2.24, 2.45) is 0 Å². The van der Waals surface area contributed by atoms with E-state index in [0.717, 1.165) is 18.5 Å². The third-order valence-corrected chi connectivity index (χ3v) is 1.88. The monoisotopic (exact) mass is 187 g/mol. The summed E-state index contributed by atoms with van der Waals surface area (Å²) >= 11 is 0. The molecule has 3 nitrogen and oxygen atoms in total. The SMILES string of the molecule is C=C(C)C(NCCC)C(OC)OC. The molecule has 0 aromatic rings. The van der Waals surface area contributed by atoms with E-state index in [1.807, 2.05) is 6.92 Å². The Morgan fingerprint density at radius 1 is 1.38 bits per heavy atom. The van der Waals surface area contributed by atoms with Gasteiger partial charge in [-0.05, 0) is 19.9 Å². The molecular formula is C10H21NO2. The van der Waals surface area contributed by atoms with Crippen LogP contribution in [0.15, 0.2) is 12.2 Å². The Bertz CT molecular complexity index is 144. The van der Waals surface area contributed by atoms with Gasteiger partial charge in [0.15, 0.2) is 6.29 Å². The van der Waals surface area contributed by atoms with Gasteiger partial charge in [0, 0.05) is 14.2 Å². The molecule has 0 aliphatic rings. The lowest BCUT2D eigenvalue weighted by Gasteiger charge is -2.25. The van der Waals surface area contributed by atoms with Gasteiger partial charge in [0.2, 0.25) is 0 Å². The van der Waals surface area contributed by atoms with Crippen molar-refractivity contribution in [1.29, 1.82) is 0 Å². The average Bonchev–Trinajstić information content (AvgIpc) is 2.11. The summed E-state index contributed by atoms with van der Waals surface area (Å²) in [5.41, 5.74) is 1.03. The smallest absolute Gasteiger partial charge is 0.175 e. The van der Waals surface area contributed by atoms with Crippen molar-refractivity contribution >= 4 is 0 Å². The fourth-order valence-electron chi connectivity index (χ4n) is 1.17. The van der Waals surface area contributed by atoms with Gasteiger partial charge in [-0.1, -0.05) is 19.1 Å². The Balaban J connectivity index is 4.12. The zero-order valence-electron chi connectivity index (χ0n) is 9.09. The summed E-state index contributed by atoms with van der Waals surface area (Å²) in [6.45, 7) is 8.94. The van der Waals surface area contributed by atoms with Gasteiger partial charge in [-0.2, -0.15) is 0 Å². The second-order valence-corrected chi connectivity index (χ2v) is 3.12. The average molecular weight is 187 g/mol. The predicted octanol–water partition coefficient (Wildman–Crippen LogP) is 1.55. The molecule has 1 N–H and O–H groups in total. The highest BCUT2D eigenvalue weighted by Crippen LogP contribution is 2.07.